The average molecular weight is 649 g/mol. The number of hydrogen-bond donors (Lipinski definition) is 1. The second kappa shape index (κ2) is 13.6. The number of fused-ring (bicyclic) bond motifs is 1. The van der Waals surface area contributed by atoms with Crippen molar-refractivity contribution >= 4 is 41.9 Å². The van der Waals surface area contributed by atoms with Crippen LogP contribution in [0.5, 0.6) is 0 Å². The van der Waals surface area contributed by atoms with Gasteiger partial charge in [0.15, 0.2) is 6.29 Å². The molecule has 0 atom stereocenters. The Morgan fingerprint density at radius 1 is 1.02 bits per heavy atom. The van der Waals surface area contributed by atoms with Gasteiger partial charge in [-0.05, 0) is 74.1 Å². The summed E-state index contributed by atoms with van der Waals surface area (Å²) < 4.78 is 8.91. The fourth-order valence-corrected chi connectivity index (χ4v) is 6.93. The number of aromatic nitrogens is 4. The van der Waals surface area contributed by atoms with E-state index in [9.17, 15) is 14.4 Å². The van der Waals surface area contributed by atoms with E-state index in [1.54, 1.807) is 37.8 Å². The van der Waals surface area contributed by atoms with Gasteiger partial charge in [0, 0.05) is 75.0 Å². The van der Waals surface area contributed by atoms with Crippen LogP contribution < -0.4 is 20.7 Å². The molecular formula is C36H40N8O4. The maximum absolute atomic E-state index is 13.2. The first-order valence-electron chi connectivity index (χ1n) is 16.5. The van der Waals surface area contributed by atoms with Crippen molar-refractivity contribution in [3.05, 3.63) is 88.0 Å². The molecular weight excluding hydrogens is 608 g/mol. The van der Waals surface area contributed by atoms with Crippen LogP contribution in [0.25, 0.3) is 17.3 Å². The second-order valence-electron chi connectivity index (χ2n) is 12.7. The molecule has 0 aromatic carbocycles. The maximum atomic E-state index is 13.2. The van der Waals surface area contributed by atoms with E-state index >= 15 is 0 Å². The van der Waals surface area contributed by atoms with Crippen LogP contribution in [0.4, 0.5) is 23.0 Å². The van der Waals surface area contributed by atoms with Crippen LogP contribution in [0.2, 0.25) is 0 Å². The van der Waals surface area contributed by atoms with Crippen LogP contribution in [0.1, 0.15) is 40.2 Å². The summed E-state index contributed by atoms with van der Waals surface area (Å²) in [6, 6.07) is 10.0. The van der Waals surface area contributed by atoms with Crippen molar-refractivity contribution in [1.29, 1.82) is 0 Å². The molecule has 7 rings (SSSR count). The van der Waals surface area contributed by atoms with Gasteiger partial charge in [-0.3, -0.25) is 24.2 Å². The monoisotopic (exact) mass is 648 g/mol. The standard InChI is InChI=1S/C36H40N8O4/c1-25-17-26-5-3-4-6-33(26)44(25)16-15-43(24-46)35-31(21-45)30(9-10-37-35)27-18-32(36(47)40(2)20-27)39-34-8-7-28(19-38-34)41-11-13-42(14-12-41)29-22-48-23-29/h7-10,15-21,24,29H,3-6,11-14,22-23H2,1-2H3,(H,38,39)/b16-15-. The van der Waals surface area contributed by atoms with Gasteiger partial charge in [-0.1, -0.05) is 0 Å². The van der Waals surface area contributed by atoms with Gasteiger partial charge in [0.2, 0.25) is 6.41 Å². The summed E-state index contributed by atoms with van der Waals surface area (Å²) in [4.78, 5) is 53.2. The lowest BCUT2D eigenvalue weighted by Gasteiger charge is -2.43. The third kappa shape index (κ3) is 6.16. The van der Waals surface area contributed by atoms with Gasteiger partial charge in [-0.2, -0.15) is 0 Å². The van der Waals surface area contributed by atoms with Gasteiger partial charge in [0.05, 0.1) is 36.7 Å². The predicted molar refractivity (Wildman–Crippen MR) is 186 cm³/mol. The number of piperazine rings is 1. The van der Waals surface area contributed by atoms with Crippen LogP contribution in [-0.2, 0) is 29.4 Å². The van der Waals surface area contributed by atoms with E-state index in [0.29, 0.717) is 41.4 Å². The summed E-state index contributed by atoms with van der Waals surface area (Å²) in [6.07, 6.45) is 14.2. The van der Waals surface area contributed by atoms with E-state index in [2.05, 4.69) is 35.7 Å². The van der Waals surface area contributed by atoms with Crippen molar-refractivity contribution < 1.29 is 14.3 Å². The van der Waals surface area contributed by atoms with Crippen molar-refractivity contribution in [1.82, 2.24) is 24.0 Å². The highest BCUT2D eigenvalue weighted by molar-refractivity contribution is 5.97. The minimum atomic E-state index is -0.245. The Morgan fingerprint density at radius 2 is 1.83 bits per heavy atom. The third-order valence-corrected chi connectivity index (χ3v) is 9.68. The number of hydrogen-bond acceptors (Lipinski definition) is 9. The first kappa shape index (κ1) is 31.5. The number of nitrogens with one attached hydrogen (secondary N) is 1. The van der Waals surface area contributed by atoms with E-state index in [4.69, 9.17) is 4.74 Å². The lowest BCUT2D eigenvalue weighted by atomic mass is 9.98. The highest BCUT2D eigenvalue weighted by atomic mass is 16.5. The van der Waals surface area contributed by atoms with Crippen LogP contribution in [0.3, 0.4) is 0 Å². The van der Waals surface area contributed by atoms with Crippen molar-refractivity contribution in [2.24, 2.45) is 7.05 Å². The van der Waals surface area contributed by atoms with Gasteiger partial charge >= 0.3 is 0 Å². The minimum Gasteiger partial charge on any atom is -0.378 e. The van der Waals surface area contributed by atoms with E-state index in [-0.39, 0.29) is 16.9 Å². The van der Waals surface area contributed by atoms with Gasteiger partial charge in [0.25, 0.3) is 5.56 Å². The molecule has 0 radical (unpaired) electrons. The zero-order valence-corrected chi connectivity index (χ0v) is 27.3. The van der Waals surface area contributed by atoms with Crippen molar-refractivity contribution in [3.63, 3.8) is 0 Å². The first-order chi connectivity index (χ1) is 23.4. The number of ether oxygens (including phenoxy) is 1. The zero-order chi connectivity index (χ0) is 33.2. The van der Waals surface area contributed by atoms with Crippen LogP contribution in [0.15, 0.2) is 59.9 Å². The van der Waals surface area contributed by atoms with Crippen molar-refractivity contribution in [2.75, 3.05) is 54.5 Å². The lowest BCUT2D eigenvalue weighted by molar-refractivity contribution is -0.107. The number of nitrogens with zero attached hydrogens (tertiary/aromatic N) is 7. The number of carbonyl (C=O) groups is 2. The Bertz CT molecular complexity index is 1900. The molecule has 2 aliphatic heterocycles. The minimum absolute atomic E-state index is 0.204. The molecule has 2 saturated heterocycles. The number of aldehydes is 1. The van der Waals surface area contributed by atoms with Gasteiger partial charge in [0.1, 0.15) is 17.3 Å². The average Bonchev–Trinajstić information content (AvgIpc) is 3.41. The Morgan fingerprint density at radius 3 is 2.54 bits per heavy atom. The van der Waals surface area contributed by atoms with Gasteiger partial charge < -0.3 is 24.1 Å². The molecule has 0 unspecified atom stereocenters. The molecule has 0 bridgehead atoms. The van der Waals surface area contributed by atoms with E-state index < -0.39 is 0 Å². The molecule has 1 aliphatic carbocycles. The van der Waals surface area contributed by atoms with E-state index in [1.807, 2.05) is 31.5 Å². The Hall–Kier alpha value is -5.07. The van der Waals surface area contributed by atoms with Gasteiger partial charge in [-0.25, -0.2) is 9.97 Å². The Balaban J connectivity index is 1.12. The molecule has 0 saturated carbocycles. The number of rotatable bonds is 10. The number of amides is 1. The van der Waals surface area contributed by atoms with E-state index in [0.717, 1.165) is 70.0 Å². The van der Waals surface area contributed by atoms with Crippen LogP contribution in [0, 0.1) is 6.92 Å². The quantitative estimate of drug-likeness (QED) is 0.255. The highest BCUT2D eigenvalue weighted by Crippen LogP contribution is 2.31. The molecule has 1 N–H and O–H groups in total. The Kier molecular flexibility index (Phi) is 8.92. The molecule has 4 aromatic heterocycles. The first-order valence-corrected chi connectivity index (χ1v) is 16.5. The molecule has 6 heterocycles. The number of carbonyl (C=O) groups excluding carboxylic acids is 2. The number of anilines is 4. The molecule has 48 heavy (non-hydrogen) atoms. The molecule has 12 nitrogen and oxygen atoms in total. The Labute approximate surface area is 279 Å². The third-order valence-electron chi connectivity index (χ3n) is 9.68. The van der Waals surface area contributed by atoms with Crippen LogP contribution in [-0.4, -0.2) is 82.1 Å². The summed E-state index contributed by atoms with van der Waals surface area (Å²) in [5.41, 5.74) is 6.17. The van der Waals surface area contributed by atoms with Gasteiger partial charge in [-0.15, -0.1) is 0 Å². The topological polar surface area (TPSA) is 118 Å². The number of aryl methyl sites for hydroxylation is 3. The van der Waals surface area contributed by atoms with Crippen molar-refractivity contribution in [2.45, 2.75) is 38.6 Å². The smallest absolute Gasteiger partial charge is 0.274 e. The predicted octanol–water partition coefficient (Wildman–Crippen LogP) is 4.00. The SMILES string of the molecule is Cc1cc2c(n1/C=C\N(C=O)c1nccc(-c3cc(Nc4ccc(N5CCN(C6COC6)CC5)cn4)c(=O)n(C)c3)c1C=O)CCCC2. The molecule has 1 amide bonds. The lowest BCUT2D eigenvalue weighted by Crippen LogP contribution is -2.56. The maximum Gasteiger partial charge on any atom is 0.274 e. The normalized spacial score (nSPS) is 16.8. The molecule has 248 valence electrons. The summed E-state index contributed by atoms with van der Waals surface area (Å²) >= 11 is 0. The summed E-state index contributed by atoms with van der Waals surface area (Å²) in [5, 5.41) is 3.17. The summed E-state index contributed by atoms with van der Waals surface area (Å²) in [5.74, 6) is 0.735. The zero-order valence-electron chi connectivity index (χ0n) is 27.3. The fourth-order valence-electron chi connectivity index (χ4n) is 6.93. The second-order valence-corrected chi connectivity index (χ2v) is 12.7. The molecule has 3 aliphatic rings. The number of pyridine rings is 3. The fraction of sp³-hybridized carbons (Fsp3) is 0.361. The largest absolute Gasteiger partial charge is 0.378 e. The summed E-state index contributed by atoms with van der Waals surface area (Å²) in [7, 11) is 1.66. The van der Waals surface area contributed by atoms with Crippen LogP contribution >= 0.6 is 0 Å². The molecule has 0 spiro atoms. The van der Waals surface area contributed by atoms with E-state index in [1.165, 1.54) is 27.1 Å². The van der Waals surface area contributed by atoms with Crippen molar-refractivity contribution in [3.8, 4) is 11.1 Å². The molecule has 12 heteroatoms. The highest BCUT2D eigenvalue weighted by Gasteiger charge is 2.29. The molecule has 4 aromatic rings. The summed E-state index contributed by atoms with van der Waals surface area (Å²) in [6.45, 7) is 7.53. The molecule has 2 fully saturated rings.